The normalized spacial score (nSPS) is 7.94. The second kappa shape index (κ2) is 10.5. The van der Waals surface area contributed by atoms with E-state index in [1.807, 2.05) is 6.07 Å². The minimum absolute atomic E-state index is 0. The number of halogens is 3. The Morgan fingerprint density at radius 1 is 1.25 bits per heavy atom. The maximum atomic E-state index is 9.94. The van der Waals surface area contributed by atoms with E-state index in [9.17, 15) is 22.8 Å². The molecule has 0 amide bonds. The SMILES string of the molecule is FB(F)F.O=C([O-])COc1ccccc1.[Li+]. The number of carboxylic acids is 1. The Bertz CT molecular complexity index is 284. The summed E-state index contributed by atoms with van der Waals surface area (Å²) in [5.74, 6) is -0.675. The summed E-state index contributed by atoms with van der Waals surface area (Å²) in [4.78, 5) is 9.94. The Morgan fingerprint density at radius 2 is 1.69 bits per heavy atom. The molecule has 0 bridgehead atoms. The number of hydrogen-bond acceptors (Lipinski definition) is 3. The number of para-hydroxylation sites is 1. The van der Waals surface area contributed by atoms with Gasteiger partial charge in [0, 0.05) is 0 Å². The summed E-state index contributed by atoms with van der Waals surface area (Å²) in [6, 6.07) is 8.73. The van der Waals surface area contributed by atoms with Gasteiger partial charge in [-0.05, 0) is 12.1 Å². The van der Waals surface area contributed by atoms with E-state index < -0.39 is 20.1 Å². The van der Waals surface area contributed by atoms with Gasteiger partial charge < -0.3 is 14.6 Å². The molecule has 1 rings (SSSR count). The van der Waals surface area contributed by atoms with Crippen molar-refractivity contribution in [1.82, 2.24) is 0 Å². The van der Waals surface area contributed by atoms with E-state index in [0.717, 1.165) is 0 Å². The number of aliphatic carboxylic acids is 1. The molecule has 8 heteroatoms. The molecule has 16 heavy (non-hydrogen) atoms. The zero-order valence-corrected chi connectivity index (χ0v) is 8.53. The van der Waals surface area contributed by atoms with Gasteiger partial charge in [-0.15, -0.1) is 0 Å². The molecule has 1 aromatic rings. The van der Waals surface area contributed by atoms with Crippen LogP contribution < -0.4 is 28.7 Å². The molecule has 1 aromatic carbocycles. The number of carboxylic acid groups (broad SMARTS) is 1. The molecule has 0 atom stereocenters. The van der Waals surface area contributed by atoms with Gasteiger partial charge in [-0.1, -0.05) is 18.2 Å². The molecule has 0 spiro atoms. The van der Waals surface area contributed by atoms with Gasteiger partial charge >= 0.3 is 26.4 Å². The van der Waals surface area contributed by atoms with Crippen LogP contribution in [0.3, 0.4) is 0 Å². The molecule has 0 N–H and O–H groups in total. The third-order valence-electron chi connectivity index (χ3n) is 1.10. The quantitative estimate of drug-likeness (QED) is 0.544. The maximum absolute atomic E-state index is 9.94. The number of carbonyl (C=O) groups is 1. The average molecular weight is 226 g/mol. The Balaban J connectivity index is 0. The topological polar surface area (TPSA) is 49.4 Å². The third kappa shape index (κ3) is 12.9. The number of rotatable bonds is 3. The van der Waals surface area contributed by atoms with Gasteiger partial charge in [0.05, 0.1) is 5.97 Å². The van der Waals surface area contributed by atoms with E-state index in [1.54, 1.807) is 24.3 Å². The number of carbonyl (C=O) groups excluding carboxylic acids is 1. The van der Waals surface area contributed by atoms with Gasteiger partial charge in [0.15, 0.2) is 0 Å². The van der Waals surface area contributed by atoms with E-state index in [2.05, 4.69) is 0 Å². The van der Waals surface area contributed by atoms with Crippen molar-refractivity contribution in [1.29, 1.82) is 0 Å². The molecule has 0 aliphatic heterocycles. The van der Waals surface area contributed by atoms with Crippen molar-refractivity contribution in [2.75, 3.05) is 6.61 Å². The van der Waals surface area contributed by atoms with Crippen LogP contribution in [-0.4, -0.2) is 20.1 Å². The summed E-state index contributed by atoms with van der Waals surface area (Å²) >= 11 is 0. The van der Waals surface area contributed by atoms with Gasteiger partial charge in [0.1, 0.15) is 12.4 Å². The maximum Gasteiger partial charge on any atom is 1.00 e. The van der Waals surface area contributed by atoms with E-state index in [4.69, 9.17) is 4.74 Å². The molecule has 0 unspecified atom stereocenters. The molecule has 3 nitrogen and oxygen atoms in total. The van der Waals surface area contributed by atoms with Gasteiger partial charge in [-0.2, -0.15) is 0 Å². The zero-order chi connectivity index (χ0) is 11.7. The molecular weight excluding hydrogens is 219 g/mol. The molecule has 0 saturated heterocycles. The summed E-state index contributed by atoms with van der Waals surface area (Å²) in [5, 5.41) is 9.94. The van der Waals surface area contributed by atoms with E-state index in [1.165, 1.54) is 0 Å². The van der Waals surface area contributed by atoms with Crippen LogP contribution in [-0.2, 0) is 4.79 Å². The molecule has 0 aromatic heterocycles. The van der Waals surface area contributed by atoms with Gasteiger partial charge in [-0.3, -0.25) is 12.9 Å². The van der Waals surface area contributed by atoms with Crippen molar-refractivity contribution in [3.63, 3.8) is 0 Å². The Morgan fingerprint density at radius 3 is 2.06 bits per heavy atom. The van der Waals surface area contributed by atoms with Crippen LogP contribution in [0, 0.1) is 0 Å². The molecule has 0 radical (unpaired) electrons. The van der Waals surface area contributed by atoms with Crippen molar-refractivity contribution in [3.05, 3.63) is 30.3 Å². The van der Waals surface area contributed by atoms with Crippen molar-refractivity contribution >= 4 is 13.5 Å². The molecule has 0 aliphatic rings. The first kappa shape index (κ1) is 17.3. The molecule has 0 heterocycles. The van der Waals surface area contributed by atoms with Crippen LogP contribution in [0.4, 0.5) is 12.9 Å². The Hall–Kier alpha value is -1.06. The van der Waals surface area contributed by atoms with Crippen LogP contribution in [0.5, 0.6) is 5.75 Å². The van der Waals surface area contributed by atoms with Crippen molar-refractivity contribution in [2.24, 2.45) is 0 Å². The van der Waals surface area contributed by atoms with Crippen LogP contribution in [0.1, 0.15) is 0 Å². The standard InChI is InChI=1S/C8H8O3.BF3.Li/c9-8(10)6-11-7-4-2-1-3-5-7;2-1(3)4;/h1-5H,6H2,(H,9,10);;/q;;+1/p-1. The summed E-state index contributed by atoms with van der Waals surface area (Å²) in [5.41, 5.74) is 0. The van der Waals surface area contributed by atoms with Gasteiger partial charge in [0.2, 0.25) is 0 Å². The van der Waals surface area contributed by atoms with Gasteiger partial charge in [0.25, 0.3) is 0 Å². The predicted molar refractivity (Wildman–Crippen MR) is 46.0 cm³/mol. The Labute approximate surface area is 103 Å². The smallest absolute Gasteiger partial charge is 0.546 e. The molecular formula is C8H7BF3LiO3. The van der Waals surface area contributed by atoms with Gasteiger partial charge in [-0.25, -0.2) is 0 Å². The average Bonchev–Trinajstić information content (AvgIpc) is 2.15. The monoisotopic (exact) mass is 226 g/mol. The van der Waals surface area contributed by atoms with Crippen molar-refractivity contribution < 1.29 is 46.4 Å². The third-order valence-corrected chi connectivity index (χ3v) is 1.10. The van der Waals surface area contributed by atoms with Crippen molar-refractivity contribution in [3.8, 4) is 5.75 Å². The minimum Gasteiger partial charge on any atom is -0.546 e. The van der Waals surface area contributed by atoms with E-state index >= 15 is 0 Å². The number of hydrogen-bond donors (Lipinski definition) is 0. The fourth-order valence-electron chi connectivity index (χ4n) is 0.659. The zero-order valence-electron chi connectivity index (χ0n) is 8.53. The molecule has 82 valence electrons. The van der Waals surface area contributed by atoms with E-state index in [0.29, 0.717) is 5.75 Å². The largest absolute Gasteiger partial charge is 1.00 e. The van der Waals surface area contributed by atoms with Crippen LogP contribution in [0.2, 0.25) is 0 Å². The number of ether oxygens (including phenoxy) is 1. The summed E-state index contributed by atoms with van der Waals surface area (Å²) in [6.45, 7) is -0.399. The van der Waals surface area contributed by atoms with Crippen LogP contribution in [0.15, 0.2) is 30.3 Å². The molecule has 0 fully saturated rings. The molecule has 0 aliphatic carbocycles. The first-order valence-corrected chi connectivity index (χ1v) is 3.82. The number of benzene rings is 1. The summed E-state index contributed by atoms with van der Waals surface area (Å²) in [7, 11) is -3.67. The fourth-order valence-corrected chi connectivity index (χ4v) is 0.659. The minimum atomic E-state index is -3.67. The van der Waals surface area contributed by atoms with Crippen LogP contribution in [0.25, 0.3) is 0 Å². The second-order valence-corrected chi connectivity index (χ2v) is 2.22. The Kier molecular flexibility index (Phi) is 11.3. The fraction of sp³-hybridized carbons (Fsp3) is 0.125. The van der Waals surface area contributed by atoms with Crippen LogP contribution >= 0.6 is 0 Å². The summed E-state index contributed by atoms with van der Waals surface area (Å²) < 4.78 is 33.8. The summed E-state index contributed by atoms with van der Waals surface area (Å²) in [6.07, 6.45) is 0. The van der Waals surface area contributed by atoms with E-state index in [-0.39, 0.29) is 18.9 Å². The second-order valence-electron chi connectivity index (χ2n) is 2.22. The predicted octanol–water partition coefficient (Wildman–Crippen LogP) is -2.30. The first-order chi connectivity index (χ1) is 7.02. The first-order valence-electron chi connectivity index (χ1n) is 3.82. The molecule has 0 saturated carbocycles. The van der Waals surface area contributed by atoms with Crippen molar-refractivity contribution in [2.45, 2.75) is 0 Å².